The molecule has 0 amide bonds. The van der Waals surface area contributed by atoms with Crippen LogP contribution < -0.4 is 0 Å². The van der Waals surface area contributed by atoms with Crippen molar-refractivity contribution in [2.24, 2.45) is 0 Å². The van der Waals surface area contributed by atoms with Gasteiger partial charge in [-0.25, -0.2) is 0 Å². The van der Waals surface area contributed by atoms with Crippen molar-refractivity contribution < 1.29 is 4.74 Å². The van der Waals surface area contributed by atoms with E-state index in [1.807, 2.05) is 0 Å². The van der Waals surface area contributed by atoms with Gasteiger partial charge in [-0.05, 0) is 38.6 Å². The van der Waals surface area contributed by atoms with Crippen LogP contribution in [-0.2, 0) is 4.74 Å². The van der Waals surface area contributed by atoms with E-state index >= 15 is 0 Å². The van der Waals surface area contributed by atoms with E-state index in [4.69, 9.17) is 4.74 Å². The zero-order chi connectivity index (χ0) is 17.1. The Balaban J connectivity index is 1.71. The lowest BCUT2D eigenvalue weighted by Crippen LogP contribution is -2.36. The van der Waals surface area contributed by atoms with Crippen molar-refractivity contribution in [2.75, 3.05) is 32.8 Å². The first-order chi connectivity index (χ1) is 11.9. The summed E-state index contributed by atoms with van der Waals surface area (Å²) in [5.41, 5.74) is 0. The van der Waals surface area contributed by atoms with Crippen LogP contribution in [0.3, 0.4) is 0 Å². The fourth-order valence-electron chi connectivity index (χ4n) is 3.41. The van der Waals surface area contributed by atoms with Crippen molar-refractivity contribution in [2.45, 2.75) is 96.8 Å². The van der Waals surface area contributed by atoms with Gasteiger partial charge in [-0.1, -0.05) is 76.9 Å². The molecular formula is C22H43NO. The van der Waals surface area contributed by atoms with Crippen molar-refractivity contribution in [3.8, 4) is 0 Å². The van der Waals surface area contributed by atoms with E-state index in [0.717, 1.165) is 26.3 Å². The molecule has 0 unspecified atom stereocenters. The van der Waals surface area contributed by atoms with E-state index in [-0.39, 0.29) is 0 Å². The third-order valence-corrected chi connectivity index (χ3v) is 5.09. The lowest BCUT2D eigenvalue weighted by molar-refractivity contribution is 0.0371. The second-order valence-corrected chi connectivity index (χ2v) is 7.39. The van der Waals surface area contributed by atoms with Crippen molar-refractivity contribution in [3.05, 3.63) is 12.2 Å². The summed E-state index contributed by atoms with van der Waals surface area (Å²) in [6.07, 6.45) is 24.3. The minimum absolute atomic E-state index is 0.937. The number of hydrogen-bond donors (Lipinski definition) is 0. The van der Waals surface area contributed by atoms with Crippen LogP contribution in [0.4, 0.5) is 0 Å². The number of allylic oxidation sites excluding steroid dienone is 2. The van der Waals surface area contributed by atoms with Gasteiger partial charge in [0.1, 0.15) is 0 Å². The molecule has 1 fully saturated rings. The quantitative estimate of drug-likeness (QED) is 0.240. The van der Waals surface area contributed by atoms with Gasteiger partial charge in [-0.3, -0.25) is 4.90 Å². The number of rotatable bonds is 16. The Hall–Kier alpha value is -0.340. The van der Waals surface area contributed by atoms with Gasteiger partial charge in [0.2, 0.25) is 0 Å². The highest BCUT2D eigenvalue weighted by Gasteiger charge is 2.08. The lowest BCUT2D eigenvalue weighted by atomic mass is 10.1. The fourth-order valence-corrected chi connectivity index (χ4v) is 3.41. The third kappa shape index (κ3) is 14.0. The Kier molecular flexibility index (Phi) is 15.8. The van der Waals surface area contributed by atoms with Crippen LogP contribution in [0.5, 0.6) is 0 Å². The van der Waals surface area contributed by atoms with Crippen molar-refractivity contribution >= 4 is 0 Å². The zero-order valence-corrected chi connectivity index (χ0v) is 16.4. The summed E-state index contributed by atoms with van der Waals surface area (Å²) in [7, 11) is 0. The molecule has 2 heteroatoms. The number of unbranched alkanes of at least 4 members (excludes halogenated alkanes) is 12. The Morgan fingerprint density at radius 3 is 1.75 bits per heavy atom. The van der Waals surface area contributed by atoms with Crippen LogP contribution in [0.2, 0.25) is 0 Å². The van der Waals surface area contributed by atoms with Gasteiger partial charge in [-0.15, -0.1) is 0 Å². The Labute approximate surface area is 152 Å². The van der Waals surface area contributed by atoms with Crippen molar-refractivity contribution in [1.29, 1.82) is 0 Å². The molecule has 0 atom stereocenters. The number of ether oxygens (including phenoxy) is 1. The Morgan fingerprint density at radius 2 is 1.17 bits per heavy atom. The molecule has 1 aliphatic rings. The first-order valence-corrected chi connectivity index (χ1v) is 10.9. The highest BCUT2D eigenvalue weighted by molar-refractivity contribution is 4.81. The molecule has 1 heterocycles. The number of nitrogens with zero attached hydrogens (tertiary/aromatic N) is 1. The molecule has 24 heavy (non-hydrogen) atoms. The molecule has 0 aliphatic carbocycles. The van der Waals surface area contributed by atoms with Crippen LogP contribution in [0, 0.1) is 0 Å². The first kappa shape index (κ1) is 21.7. The average Bonchev–Trinajstić information content (AvgIpc) is 2.62. The second kappa shape index (κ2) is 17.5. The van der Waals surface area contributed by atoms with Crippen LogP contribution in [0.25, 0.3) is 0 Å². The predicted molar refractivity (Wildman–Crippen MR) is 107 cm³/mol. The van der Waals surface area contributed by atoms with E-state index in [1.54, 1.807) is 0 Å². The monoisotopic (exact) mass is 337 g/mol. The Bertz CT molecular complexity index is 271. The molecule has 0 radical (unpaired) electrons. The third-order valence-electron chi connectivity index (χ3n) is 5.09. The summed E-state index contributed by atoms with van der Waals surface area (Å²) < 4.78 is 5.39. The summed E-state index contributed by atoms with van der Waals surface area (Å²) in [6.45, 7) is 7.73. The largest absolute Gasteiger partial charge is 0.379 e. The van der Waals surface area contributed by atoms with Crippen LogP contribution in [0.15, 0.2) is 12.2 Å². The van der Waals surface area contributed by atoms with Crippen LogP contribution in [0.1, 0.15) is 96.8 Å². The number of morpholine rings is 1. The van der Waals surface area contributed by atoms with Crippen LogP contribution >= 0.6 is 0 Å². The summed E-state index contributed by atoms with van der Waals surface area (Å²) in [5.74, 6) is 0. The maximum Gasteiger partial charge on any atom is 0.0594 e. The summed E-state index contributed by atoms with van der Waals surface area (Å²) in [6, 6.07) is 0. The summed E-state index contributed by atoms with van der Waals surface area (Å²) in [4.78, 5) is 2.55. The van der Waals surface area contributed by atoms with E-state index in [9.17, 15) is 0 Å². The molecule has 142 valence electrons. The van der Waals surface area contributed by atoms with Crippen LogP contribution in [-0.4, -0.2) is 37.7 Å². The normalized spacial score (nSPS) is 16.2. The smallest absolute Gasteiger partial charge is 0.0594 e. The van der Waals surface area contributed by atoms with Gasteiger partial charge >= 0.3 is 0 Å². The van der Waals surface area contributed by atoms with Gasteiger partial charge in [0.25, 0.3) is 0 Å². The SMILES string of the molecule is CCCCCCCC/C=C/CCCCCCCCN1CCOCC1. The van der Waals surface area contributed by atoms with Gasteiger partial charge in [0.15, 0.2) is 0 Å². The molecule has 0 saturated carbocycles. The van der Waals surface area contributed by atoms with Gasteiger partial charge in [-0.2, -0.15) is 0 Å². The summed E-state index contributed by atoms with van der Waals surface area (Å²) in [5, 5.41) is 0. The Morgan fingerprint density at radius 1 is 0.667 bits per heavy atom. The molecule has 1 rings (SSSR count). The van der Waals surface area contributed by atoms with E-state index in [2.05, 4.69) is 24.0 Å². The van der Waals surface area contributed by atoms with E-state index in [0.29, 0.717) is 0 Å². The molecular weight excluding hydrogens is 294 g/mol. The maximum absolute atomic E-state index is 5.39. The van der Waals surface area contributed by atoms with Crippen molar-refractivity contribution in [3.63, 3.8) is 0 Å². The molecule has 1 aliphatic heterocycles. The van der Waals surface area contributed by atoms with Gasteiger partial charge < -0.3 is 4.74 Å². The van der Waals surface area contributed by atoms with E-state index in [1.165, 1.54) is 96.4 Å². The molecule has 0 aromatic rings. The fraction of sp³-hybridized carbons (Fsp3) is 0.909. The maximum atomic E-state index is 5.39. The topological polar surface area (TPSA) is 12.5 Å². The minimum Gasteiger partial charge on any atom is -0.379 e. The second-order valence-electron chi connectivity index (χ2n) is 7.39. The van der Waals surface area contributed by atoms with Gasteiger partial charge in [0, 0.05) is 13.1 Å². The van der Waals surface area contributed by atoms with E-state index < -0.39 is 0 Å². The highest BCUT2D eigenvalue weighted by Crippen LogP contribution is 2.10. The first-order valence-electron chi connectivity index (χ1n) is 10.9. The highest BCUT2D eigenvalue weighted by atomic mass is 16.5. The zero-order valence-electron chi connectivity index (χ0n) is 16.4. The molecule has 1 saturated heterocycles. The van der Waals surface area contributed by atoms with Gasteiger partial charge in [0.05, 0.1) is 13.2 Å². The lowest BCUT2D eigenvalue weighted by Gasteiger charge is -2.26. The molecule has 0 bridgehead atoms. The molecule has 2 nitrogen and oxygen atoms in total. The minimum atomic E-state index is 0.937. The molecule has 0 aromatic carbocycles. The standard InChI is InChI=1S/C22H43NO/c1-2-3-4-5-6-7-8-9-10-11-12-13-14-15-16-17-18-23-19-21-24-22-20-23/h9-10H,2-8,11-22H2,1H3/b10-9+. The molecule has 0 aromatic heterocycles. The predicted octanol–water partition coefficient (Wildman–Crippen LogP) is 6.36. The summed E-state index contributed by atoms with van der Waals surface area (Å²) >= 11 is 0. The number of hydrogen-bond acceptors (Lipinski definition) is 2. The molecule has 0 spiro atoms. The van der Waals surface area contributed by atoms with Crippen molar-refractivity contribution in [1.82, 2.24) is 4.90 Å². The molecule has 0 N–H and O–H groups in total. The average molecular weight is 338 g/mol.